The highest BCUT2D eigenvalue weighted by molar-refractivity contribution is 5.43. The van der Waals surface area contributed by atoms with Crippen LogP contribution in [0.5, 0.6) is 0 Å². The van der Waals surface area contributed by atoms with Gasteiger partial charge in [-0.3, -0.25) is 0 Å². The van der Waals surface area contributed by atoms with Crippen LogP contribution in [0.4, 0.5) is 0 Å². The van der Waals surface area contributed by atoms with Gasteiger partial charge in [-0.05, 0) is 83.2 Å². The number of benzene rings is 1. The summed E-state index contributed by atoms with van der Waals surface area (Å²) < 4.78 is 36.6. The number of hydrogen-bond acceptors (Lipinski definition) is 6. The van der Waals surface area contributed by atoms with E-state index in [1.165, 1.54) is 27.8 Å². The summed E-state index contributed by atoms with van der Waals surface area (Å²) in [6.45, 7) is 17.2. The van der Waals surface area contributed by atoms with E-state index in [0.717, 1.165) is 0 Å². The summed E-state index contributed by atoms with van der Waals surface area (Å²) in [4.78, 5) is 0. The first-order chi connectivity index (χ1) is 13.5. The Labute approximate surface area is 173 Å². The van der Waals surface area contributed by atoms with Gasteiger partial charge in [0.25, 0.3) is 0 Å². The molecule has 0 aromatic heterocycles. The van der Waals surface area contributed by atoms with Crippen molar-refractivity contribution in [2.24, 2.45) is 0 Å². The average molecular weight is 407 g/mol. The van der Waals surface area contributed by atoms with Gasteiger partial charge >= 0.3 is 0 Å². The molecule has 3 saturated heterocycles. The van der Waals surface area contributed by atoms with Crippen molar-refractivity contribution in [2.75, 3.05) is 6.61 Å². The zero-order valence-electron chi connectivity index (χ0n) is 18.8. The fraction of sp³-hybridized carbons (Fsp3) is 0.739. The molecule has 3 fully saturated rings. The molecule has 0 unspecified atom stereocenters. The SMILES string of the molecule is Cc1cc(CO[C@@H]2[C@H]3OC(C)(C)O[C@H]3O[C@@H]2[C@H]2COC(C)(C)O2)c(C)c(C)c1C. The van der Waals surface area contributed by atoms with Gasteiger partial charge in [0.1, 0.15) is 24.4 Å². The highest BCUT2D eigenvalue weighted by Gasteiger charge is 2.58. The van der Waals surface area contributed by atoms with Crippen LogP contribution in [0.3, 0.4) is 0 Å². The Kier molecular flexibility index (Phi) is 5.33. The number of fused-ring (bicyclic) bond motifs is 1. The normalized spacial score (nSPS) is 35.2. The van der Waals surface area contributed by atoms with Crippen LogP contribution in [0.15, 0.2) is 6.07 Å². The second-order valence-corrected chi connectivity index (χ2v) is 9.44. The van der Waals surface area contributed by atoms with Crippen LogP contribution in [0.25, 0.3) is 0 Å². The summed E-state index contributed by atoms with van der Waals surface area (Å²) in [6, 6.07) is 2.22. The molecule has 0 saturated carbocycles. The lowest BCUT2D eigenvalue weighted by Gasteiger charge is -2.29. The van der Waals surface area contributed by atoms with E-state index in [0.29, 0.717) is 13.2 Å². The van der Waals surface area contributed by atoms with Crippen molar-refractivity contribution in [3.63, 3.8) is 0 Å². The maximum atomic E-state index is 6.45. The summed E-state index contributed by atoms with van der Waals surface area (Å²) >= 11 is 0. The lowest BCUT2D eigenvalue weighted by Crippen LogP contribution is -2.44. The monoisotopic (exact) mass is 406 g/mol. The molecule has 4 rings (SSSR count). The molecule has 5 atom stereocenters. The molecule has 1 aromatic rings. The van der Waals surface area contributed by atoms with Crippen LogP contribution < -0.4 is 0 Å². The van der Waals surface area contributed by atoms with Crippen LogP contribution in [0, 0.1) is 27.7 Å². The molecule has 3 aliphatic heterocycles. The largest absolute Gasteiger partial charge is 0.368 e. The summed E-state index contributed by atoms with van der Waals surface area (Å²) in [5.74, 6) is -1.32. The molecule has 0 radical (unpaired) electrons. The first kappa shape index (κ1) is 21.2. The Morgan fingerprint density at radius 2 is 1.62 bits per heavy atom. The standard InChI is InChI=1S/C23H34O6/c1-12-9-16(15(4)14(3)13(12)2)10-24-19-18(17-11-25-22(5,6)27-17)26-21-20(19)28-23(7,8)29-21/h9,17-21H,10-11H2,1-8H3/t17-,18-,19+,20-,21-/m1/s1. The predicted molar refractivity (Wildman–Crippen MR) is 108 cm³/mol. The Balaban J connectivity index is 1.55. The van der Waals surface area contributed by atoms with E-state index < -0.39 is 17.9 Å². The van der Waals surface area contributed by atoms with Crippen molar-refractivity contribution < 1.29 is 28.4 Å². The molecular formula is C23H34O6. The maximum absolute atomic E-state index is 6.45. The molecule has 0 bridgehead atoms. The smallest absolute Gasteiger partial charge is 0.190 e. The molecule has 1 aromatic carbocycles. The highest BCUT2D eigenvalue weighted by Crippen LogP contribution is 2.42. The van der Waals surface area contributed by atoms with E-state index in [-0.39, 0.29) is 24.4 Å². The minimum atomic E-state index is -0.693. The summed E-state index contributed by atoms with van der Waals surface area (Å²) in [6.07, 6.45) is -1.59. The zero-order chi connectivity index (χ0) is 21.1. The van der Waals surface area contributed by atoms with Crippen molar-refractivity contribution >= 4 is 0 Å². The van der Waals surface area contributed by atoms with Crippen molar-refractivity contribution in [3.05, 3.63) is 33.9 Å². The molecular weight excluding hydrogens is 372 g/mol. The zero-order valence-corrected chi connectivity index (χ0v) is 18.8. The summed E-state index contributed by atoms with van der Waals surface area (Å²) in [5, 5.41) is 0. The Morgan fingerprint density at radius 3 is 2.28 bits per heavy atom. The topological polar surface area (TPSA) is 55.4 Å². The van der Waals surface area contributed by atoms with Gasteiger partial charge in [0.15, 0.2) is 17.9 Å². The second kappa shape index (κ2) is 7.29. The molecule has 0 aliphatic carbocycles. The summed E-state index contributed by atoms with van der Waals surface area (Å²) in [5.41, 5.74) is 6.39. The molecule has 0 spiro atoms. The summed E-state index contributed by atoms with van der Waals surface area (Å²) in [7, 11) is 0. The van der Waals surface area contributed by atoms with Crippen molar-refractivity contribution in [2.45, 2.75) is 104 Å². The molecule has 3 heterocycles. The first-order valence-corrected chi connectivity index (χ1v) is 10.5. The molecule has 162 valence electrons. The molecule has 6 nitrogen and oxygen atoms in total. The first-order valence-electron chi connectivity index (χ1n) is 10.5. The molecule has 6 heteroatoms. The van der Waals surface area contributed by atoms with Gasteiger partial charge in [-0.2, -0.15) is 0 Å². The number of ether oxygens (including phenoxy) is 6. The Bertz CT molecular complexity index is 786. The number of rotatable bonds is 4. The van der Waals surface area contributed by atoms with Crippen LogP contribution in [-0.4, -0.2) is 48.9 Å². The highest BCUT2D eigenvalue weighted by atomic mass is 16.8. The lowest BCUT2D eigenvalue weighted by molar-refractivity contribution is -0.236. The van der Waals surface area contributed by atoms with Gasteiger partial charge in [0, 0.05) is 0 Å². The third kappa shape index (κ3) is 3.99. The third-order valence-electron chi connectivity index (χ3n) is 6.44. The maximum Gasteiger partial charge on any atom is 0.190 e. The molecule has 0 N–H and O–H groups in total. The van der Waals surface area contributed by atoms with E-state index in [4.69, 9.17) is 28.4 Å². The molecule has 3 aliphatic rings. The molecule has 0 amide bonds. The van der Waals surface area contributed by atoms with Crippen LogP contribution in [0.2, 0.25) is 0 Å². The average Bonchev–Trinajstić information content (AvgIpc) is 3.24. The van der Waals surface area contributed by atoms with Gasteiger partial charge in [0.2, 0.25) is 0 Å². The Hall–Kier alpha value is -1.02. The lowest BCUT2D eigenvalue weighted by atomic mass is 9.95. The van der Waals surface area contributed by atoms with E-state index in [9.17, 15) is 0 Å². The van der Waals surface area contributed by atoms with Gasteiger partial charge in [0.05, 0.1) is 13.2 Å². The van der Waals surface area contributed by atoms with Gasteiger partial charge in [-0.1, -0.05) is 6.07 Å². The quantitative estimate of drug-likeness (QED) is 0.757. The van der Waals surface area contributed by atoms with E-state index in [2.05, 4.69) is 33.8 Å². The predicted octanol–water partition coefficient (Wildman–Crippen LogP) is 3.83. The van der Waals surface area contributed by atoms with Crippen LogP contribution in [0.1, 0.15) is 55.5 Å². The van der Waals surface area contributed by atoms with Crippen LogP contribution >= 0.6 is 0 Å². The van der Waals surface area contributed by atoms with Crippen LogP contribution in [-0.2, 0) is 35.0 Å². The van der Waals surface area contributed by atoms with E-state index >= 15 is 0 Å². The fourth-order valence-electron chi connectivity index (χ4n) is 4.50. The number of aryl methyl sites for hydroxylation is 1. The second-order valence-electron chi connectivity index (χ2n) is 9.44. The minimum Gasteiger partial charge on any atom is -0.368 e. The van der Waals surface area contributed by atoms with Gasteiger partial charge in [-0.25, -0.2) is 0 Å². The number of hydrogen-bond donors (Lipinski definition) is 0. The minimum absolute atomic E-state index is 0.224. The Morgan fingerprint density at radius 1 is 0.897 bits per heavy atom. The van der Waals surface area contributed by atoms with E-state index in [1.807, 2.05) is 27.7 Å². The van der Waals surface area contributed by atoms with Crippen molar-refractivity contribution in [1.29, 1.82) is 0 Å². The fourth-order valence-corrected chi connectivity index (χ4v) is 4.50. The van der Waals surface area contributed by atoms with E-state index in [1.54, 1.807) is 0 Å². The third-order valence-corrected chi connectivity index (χ3v) is 6.44. The molecule has 29 heavy (non-hydrogen) atoms. The van der Waals surface area contributed by atoms with Crippen molar-refractivity contribution in [1.82, 2.24) is 0 Å². The van der Waals surface area contributed by atoms with Crippen molar-refractivity contribution in [3.8, 4) is 0 Å². The van der Waals surface area contributed by atoms with Gasteiger partial charge < -0.3 is 28.4 Å². The van der Waals surface area contributed by atoms with Gasteiger partial charge in [-0.15, -0.1) is 0 Å².